The van der Waals surface area contributed by atoms with Crippen molar-refractivity contribution < 1.29 is 9.47 Å². The van der Waals surface area contributed by atoms with Crippen molar-refractivity contribution in [2.45, 2.75) is 13.5 Å². The lowest BCUT2D eigenvalue weighted by Crippen LogP contribution is -1.92. The van der Waals surface area contributed by atoms with Crippen LogP contribution in [0.2, 0.25) is 0 Å². The zero-order chi connectivity index (χ0) is 10.8. The fourth-order valence-electron chi connectivity index (χ4n) is 1.56. The second-order valence-corrected chi connectivity index (χ2v) is 3.25. The Balaban J connectivity index is 2.61. The van der Waals surface area contributed by atoms with Gasteiger partial charge in [0.1, 0.15) is 0 Å². The van der Waals surface area contributed by atoms with Gasteiger partial charge in [-0.15, -0.1) is 0 Å². The van der Waals surface area contributed by atoms with E-state index in [0.717, 1.165) is 23.2 Å². The van der Waals surface area contributed by atoms with E-state index in [1.165, 1.54) is 0 Å². The third-order valence-electron chi connectivity index (χ3n) is 2.38. The quantitative estimate of drug-likeness (QED) is 0.771. The molecule has 1 heterocycles. The van der Waals surface area contributed by atoms with Crippen LogP contribution in [-0.4, -0.2) is 24.0 Å². The van der Waals surface area contributed by atoms with Gasteiger partial charge in [0.25, 0.3) is 0 Å². The lowest BCUT2D eigenvalue weighted by Gasteiger charge is -2.05. The van der Waals surface area contributed by atoms with E-state index >= 15 is 0 Å². The molecule has 0 atom stereocenters. The van der Waals surface area contributed by atoms with Gasteiger partial charge in [0.15, 0.2) is 11.5 Å². The molecule has 4 nitrogen and oxygen atoms in total. The predicted octanol–water partition coefficient (Wildman–Crippen LogP) is 2.07. The Morgan fingerprint density at radius 2 is 1.87 bits per heavy atom. The standard InChI is InChI=1S/C11H14N2O2/c1-4-13-7-8-5-10(14-2)11(15-3)6-9(8)12-13/h5-7H,4H2,1-3H3. The van der Waals surface area contributed by atoms with Crippen molar-refractivity contribution >= 4 is 10.9 Å². The van der Waals surface area contributed by atoms with Crippen molar-refractivity contribution in [1.29, 1.82) is 0 Å². The summed E-state index contributed by atoms with van der Waals surface area (Å²) in [6.45, 7) is 2.92. The molecule has 4 heteroatoms. The van der Waals surface area contributed by atoms with Crippen molar-refractivity contribution in [1.82, 2.24) is 9.78 Å². The van der Waals surface area contributed by atoms with Gasteiger partial charge in [0, 0.05) is 24.2 Å². The number of rotatable bonds is 3. The second-order valence-electron chi connectivity index (χ2n) is 3.25. The summed E-state index contributed by atoms with van der Waals surface area (Å²) in [6, 6.07) is 3.83. The van der Waals surface area contributed by atoms with E-state index in [9.17, 15) is 0 Å². The highest BCUT2D eigenvalue weighted by Gasteiger charge is 2.08. The minimum absolute atomic E-state index is 0.714. The first-order valence-corrected chi connectivity index (χ1v) is 4.87. The van der Waals surface area contributed by atoms with Crippen LogP contribution in [0.5, 0.6) is 11.5 Å². The molecule has 0 bridgehead atoms. The normalized spacial score (nSPS) is 10.6. The summed E-state index contributed by atoms with van der Waals surface area (Å²) in [5.41, 5.74) is 0.925. The largest absolute Gasteiger partial charge is 0.493 e. The number of aryl methyl sites for hydroxylation is 1. The molecule has 0 N–H and O–H groups in total. The molecule has 15 heavy (non-hydrogen) atoms. The third-order valence-corrected chi connectivity index (χ3v) is 2.38. The van der Waals surface area contributed by atoms with Crippen molar-refractivity contribution in [3.05, 3.63) is 18.3 Å². The molecule has 0 amide bonds. The van der Waals surface area contributed by atoms with Crippen LogP contribution in [0.15, 0.2) is 18.3 Å². The predicted molar refractivity (Wildman–Crippen MR) is 58.5 cm³/mol. The first kappa shape index (κ1) is 9.83. The zero-order valence-corrected chi connectivity index (χ0v) is 9.15. The molecule has 0 saturated heterocycles. The van der Waals surface area contributed by atoms with Crippen LogP contribution >= 0.6 is 0 Å². The van der Waals surface area contributed by atoms with Crippen LogP contribution in [0.25, 0.3) is 10.9 Å². The number of fused-ring (bicyclic) bond motifs is 1. The van der Waals surface area contributed by atoms with Crippen LogP contribution in [0.1, 0.15) is 6.92 Å². The number of ether oxygens (including phenoxy) is 2. The topological polar surface area (TPSA) is 36.3 Å². The summed E-state index contributed by atoms with van der Waals surface area (Å²) in [4.78, 5) is 0. The van der Waals surface area contributed by atoms with Crippen molar-refractivity contribution in [2.24, 2.45) is 0 Å². The summed E-state index contributed by atoms with van der Waals surface area (Å²) >= 11 is 0. The minimum Gasteiger partial charge on any atom is -0.493 e. The molecule has 0 unspecified atom stereocenters. The van der Waals surface area contributed by atoms with Gasteiger partial charge in [-0.1, -0.05) is 0 Å². The Kier molecular flexibility index (Phi) is 2.49. The van der Waals surface area contributed by atoms with Crippen LogP contribution in [0, 0.1) is 0 Å². The molecule has 2 rings (SSSR count). The SMILES string of the molecule is CCn1cc2cc(OC)c(OC)cc2n1. The Morgan fingerprint density at radius 1 is 1.20 bits per heavy atom. The van der Waals surface area contributed by atoms with E-state index in [0.29, 0.717) is 5.75 Å². The fourth-order valence-corrected chi connectivity index (χ4v) is 1.56. The molecular weight excluding hydrogens is 192 g/mol. The van der Waals surface area contributed by atoms with Crippen molar-refractivity contribution in [2.75, 3.05) is 14.2 Å². The first-order valence-electron chi connectivity index (χ1n) is 4.87. The Hall–Kier alpha value is -1.71. The zero-order valence-electron chi connectivity index (χ0n) is 9.15. The van der Waals surface area contributed by atoms with Crippen LogP contribution in [0.4, 0.5) is 0 Å². The second kappa shape index (κ2) is 3.81. The van der Waals surface area contributed by atoms with E-state index in [1.807, 2.05) is 23.0 Å². The minimum atomic E-state index is 0.714. The summed E-state index contributed by atoms with van der Waals surface area (Å²) in [5, 5.41) is 5.46. The maximum atomic E-state index is 5.23. The van der Waals surface area contributed by atoms with Gasteiger partial charge in [0.2, 0.25) is 0 Å². The molecule has 0 saturated carbocycles. The van der Waals surface area contributed by atoms with Gasteiger partial charge in [0.05, 0.1) is 19.7 Å². The smallest absolute Gasteiger partial charge is 0.162 e. The molecule has 0 aliphatic carbocycles. The number of benzene rings is 1. The van der Waals surface area contributed by atoms with E-state index in [1.54, 1.807) is 14.2 Å². The summed E-state index contributed by atoms with van der Waals surface area (Å²) in [7, 11) is 3.26. The molecule has 80 valence electrons. The number of hydrogen-bond donors (Lipinski definition) is 0. The maximum Gasteiger partial charge on any atom is 0.162 e. The fraction of sp³-hybridized carbons (Fsp3) is 0.364. The maximum absolute atomic E-state index is 5.23. The highest BCUT2D eigenvalue weighted by Crippen LogP contribution is 2.31. The Morgan fingerprint density at radius 3 is 2.47 bits per heavy atom. The molecule has 1 aromatic heterocycles. The first-order chi connectivity index (χ1) is 7.28. The molecule has 0 aliphatic heterocycles. The van der Waals surface area contributed by atoms with Crippen molar-refractivity contribution in [3.8, 4) is 11.5 Å². The van der Waals surface area contributed by atoms with E-state index in [-0.39, 0.29) is 0 Å². The van der Waals surface area contributed by atoms with Crippen LogP contribution in [-0.2, 0) is 6.54 Å². The van der Waals surface area contributed by atoms with Gasteiger partial charge in [-0.05, 0) is 13.0 Å². The van der Waals surface area contributed by atoms with Gasteiger partial charge < -0.3 is 9.47 Å². The van der Waals surface area contributed by atoms with Gasteiger partial charge in [-0.3, -0.25) is 4.68 Å². The number of methoxy groups -OCH3 is 2. The van der Waals surface area contributed by atoms with E-state index in [2.05, 4.69) is 12.0 Å². The van der Waals surface area contributed by atoms with Crippen LogP contribution < -0.4 is 9.47 Å². The van der Waals surface area contributed by atoms with Gasteiger partial charge in [-0.2, -0.15) is 5.10 Å². The molecule has 0 spiro atoms. The number of nitrogens with zero attached hydrogens (tertiary/aromatic N) is 2. The highest BCUT2D eigenvalue weighted by molar-refractivity contribution is 5.82. The summed E-state index contributed by atoms with van der Waals surface area (Å²) in [6.07, 6.45) is 2.00. The monoisotopic (exact) mass is 206 g/mol. The molecule has 0 radical (unpaired) electrons. The molecule has 0 aliphatic rings. The lowest BCUT2D eigenvalue weighted by atomic mass is 10.2. The van der Waals surface area contributed by atoms with Gasteiger partial charge >= 0.3 is 0 Å². The Bertz CT molecular complexity index is 436. The third kappa shape index (κ3) is 1.63. The molecule has 1 aromatic carbocycles. The van der Waals surface area contributed by atoms with Crippen LogP contribution in [0.3, 0.4) is 0 Å². The number of hydrogen-bond acceptors (Lipinski definition) is 3. The molecule has 2 aromatic rings. The Labute approximate surface area is 88.4 Å². The molecule has 0 fully saturated rings. The van der Waals surface area contributed by atoms with E-state index < -0.39 is 0 Å². The van der Waals surface area contributed by atoms with Crippen molar-refractivity contribution in [3.63, 3.8) is 0 Å². The average molecular weight is 206 g/mol. The summed E-state index contributed by atoms with van der Waals surface area (Å²) < 4.78 is 12.3. The average Bonchev–Trinajstić information content (AvgIpc) is 2.68. The highest BCUT2D eigenvalue weighted by atomic mass is 16.5. The van der Waals surface area contributed by atoms with E-state index in [4.69, 9.17) is 9.47 Å². The molecular formula is C11H14N2O2. The van der Waals surface area contributed by atoms with Gasteiger partial charge in [-0.25, -0.2) is 0 Å². The number of aromatic nitrogens is 2. The summed E-state index contributed by atoms with van der Waals surface area (Å²) in [5.74, 6) is 1.45. The lowest BCUT2D eigenvalue weighted by molar-refractivity contribution is 0.356.